The van der Waals surface area contributed by atoms with Crippen molar-refractivity contribution in [3.63, 3.8) is 0 Å². The van der Waals surface area contributed by atoms with Crippen LogP contribution in [-0.2, 0) is 11.3 Å². The van der Waals surface area contributed by atoms with E-state index in [0.29, 0.717) is 19.0 Å². The van der Waals surface area contributed by atoms with Crippen LogP contribution in [0.2, 0.25) is 0 Å². The highest BCUT2D eigenvalue weighted by atomic mass is 16.5. The molecule has 2 rings (SSSR count). The zero-order valence-corrected chi connectivity index (χ0v) is 11.6. The number of aromatic nitrogens is 1. The summed E-state index contributed by atoms with van der Waals surface area (Å²) >= 11 is 0. The Kier molecular flexibility index (Phi) is 5.37. The van der Waals surface area contributed by atoms with E-state index in [9.17, 15) is 0 Å². The number of pyridine rings is 1. The fourth-order valence-electron chi connectivity index (χ4n) is 2.02. The van der Waals surface area contributed by atoms with Crippen molar-refractivity contribution in [1.29, 1.82) is 0 Å². The van der Waals surface area contributed by atoms with E-state index in [0.717, 1.165) is 37.7 Å². The van der Waals surface area contributed by atoms with Gasteiger partial charge in [0.2, 0.25) is 0 Å². The molecular formula is C14H21N5O. The van der Waals surface area contributed by atoms with Crippen LogP contribution in [0.15, 0.2) is 36.0 Å². The molecule has 0 unspecified atom stereocenters. The van der Waals surface area contributed by atoms with Gasteiger partial charge in [0.1, 0.15) is 5.82 Å². The van der Waals surface area contributed by atoms with Gasteiger partial charge in [-0.15, -0.1) is 6.58 Å². The van der Waals surface area contributed by atoms with Crippen LogP contribution < -0.4 is 16.0 Å². The molecule has 2 heterocycles. The van der Waals surface area contributed by atoms with Crippen LogP contribution >= 0.6 is 0 Å². The molecule has 1 saturated heterocycles. The second kappa shape index (κ2) is 7.49. The zero-order valence-electron chi connectivity index (χ0n) is 11.6. The van der Waals surface area contributed by atoms with Gasteiger partial charge in [0.25, 0.3) is 0 Å². The number of guanidine groups is 1. The summed E-state index contributed by atoms with van der Waals surface area (Å²) in [4.78, 5) is 11.0. The number of ether oxygens (including phenoxy) is 1. The Labute approximate surface area is 119 Å². The van der Waals surface area contributed by atoms with E-state index in [1.807, 2.05) is 12.1 Å². The third-order valence-corrected chi connectivity index (χ3v) is 3.03. The van der Waals surface area contributed by atoms with Gasteiger partial charge >= 0.3 is 0 Å². The lowest BCUT2D eigenvalue weighted by Gasteiger charge is -2.29. The summed E-state index contributed by atoms with van der Waals surface area (Å²) in [6, 6.07) is 3.95. The van der Waals surface area contributed by atoms with Gasteiger partial charge in [-0.25, -0.2) is 9.98 Å². The number of hydrogen-bond acceptors (Lipinski definition) is 4. The maximum absolute atomic E-state index is 5.77. The minimum atomic E-state index is 0.418. The van der Waals surface area contributed by atoms with E-state index >= 15 is 0 Å². The molecule has 1 aromatic heterocycles. The van der Waals surface area contributed by atoms with E-state index in [2.05, 4.69) is 26.8 Å². The van der Waals surface area contributed by atoms with E-state index in [-0.39, 0.29) is 0 Å². The third kappa shape index (κ3) is 3.96. The SMILES string of the molecule is C=CCNC(N)=NCc1cccnc1N1CCOCC1. The smallest absolute Gasteiger partial charge is 0.189 e. The van der Waals surface area contributed by atoms with Crippen LogP contribution in [-0.4, -0.2) is 43.8 Å². The Bertz CT molecular complexity index is 468. The molecule has 0 aliphatic carbocycles. The highest BCUT2D eigenvalue weighted by Crippen LogP contribution is 2.19. The monoisotopic (exact) mass is 275 g/mol. The molecular weight excluding hydrogens is 254 g/mol. The van der Waals surface area contributed by atoms with E-state index < -0.39 is 0 Å². The fourth-order valence-corrected chi connectivity index (χ4v) is 2.02. The molecule has 3 N–H and O–H groups in total. The summed E-state index contributed by atoms with van der Waals surface area (Å²) < 4.78 is 5.37. The minimum Gasteiger partial charge on any atom is -0.378 e. The molecule has 0 amide bonds. The molecule has 0 spiro atoms. The topological polar surface area (TPSA) is 75.8 Å². The van der Waals surface area contributed by atoms with Crippen molar-refractivity contribution in [2.24, 2.45) is 10.7 Å². The van der Waals surface area contributed by atoms with Crippen LogP contribution in [0.25, 0.3) is 0 Å². The Balaban J connectivity index is 2.05. The van der Waals surface area contributed by atoms with Crippen LogP contribution in [0.4, 0.5) is 5.82 Å². The maximum atomic E-state index is 5.77. The largest absolute Gasteiger partial charge is 0.378 e. The van der Waals surface area contributed by atoms with Crippen molar-refractivity contribution in [1.82, 2.24) is 10.3 Å². The number of aliphatic imine (C=N–C) groups is 1. The van der Waals surface area contributed by atoms with Crippen LogP contribution in [0.1, 0.15) is 5.56 Å². The van der Waals surface area contributed by atoms with Gasteiger partial charge in [-0.3, -0.25) is 0 Å². The van der Waals surface area contributed by atoms with Crippen molar-refractivity contribution in [2.45, 2.75) is 6.54 Å². The summed E-state index contributed by atoms with van der Waals surface area (Å²) in [6.07, 6.45) is 3.54. The van der Waals surface area contributed by atoms with Gasteiger partial charge in [-0.05, 0) is 6.07 Å². The summed E-state index contributed by atoms with van der Waals surface area (Å²) in [5, 5.41) is 2.96. The number of nitrogens with zero attached hydrogens (tertiary/aromatic N) is 3. The average Bonchev–Trinajstić information content (AvgIpc) is 2.52. The van der Waals surface area contributed by atoms with Crippen LogP contribution in [0.5, 0.6) is 0 Å². The van der Waals surface area contributed by atoms with Crippen molar-refractivity contribution in [3.8, 4) is 0 Å². The lowest BCUT2D eigenvalue weighted by molar-refractivity contribution is 0.122. The summed E-state index contributed by atoms with van der Waals surface area (Å²) in [7, 11) is 0. The molecule has 1 aromatic rings. The summed E-state index contributed by atoms with van der Waals surface area (Å²) in [6.45, 7) is 7.94. The zero-order chi connectivity index (χ0) is 14.2. The van der Waals surface area contributed by atoms with Crippen LogP contribution in [0, 0.1) is 0 Å². The number of nitrogens with two attached hydrogens (primary N) is 1. The minimum absolute atomic E-state index is 0.418. The molecule has 108 valence electrons. The average molecular weight is 275 g/mol. The highest BCUT2D eigenvalue weighted by molar-refractivity contribution is 5.78. The van der Waals surface area contributed by atoms with Gasteiger partial charge in [0.05, 0.1) is 19.8 Å². The highest BCUT2D eigenvalue weighted by Gasteiger charge is 2.15. The first-order valence-electron chi connectivity index (χ1n) is 6.72. The number of rotatable bonds is 5. The Morgan fingerprint density at radius 3 is 3.10 bits per heavy atom. The van der Waals surface area contributed by atoms with Gasteiger partial charge in [0.15, 0.2) is 5.96 Å². The predicted octanol–water partition coefficient (Wildman–Crippen LogP) is 0.508. The first-order chi connectivity index (χ1) is 9.81. The lowest BCUT2D eigenvalue weighted by Crippen LogP contribution is -2.37. The molecule has 0 saturated carbocycles. The molecule has 0 atom stereocenters. The van der Waals surface area contributed by atoms with Crippen molar-refractivity contribution >= 4 is 11.8 Å². The summed E-state index contributed by atoms with van der Waals surface area (Å²) in [5.41, 5.74) is 6.84. The van der Waals surface area contributed by atoms with E-state index in [1.165, 1.54) is 0 Å². The number of hydrogen-bond donors (Lipinski definition) is 2. The van der Waals surface area contributed by atoms with Gasteiger partial charge in [0, 0.05) is 31.4 Å². The quantitative estimate of drug-likeness (QED) is 0.465. The van der Waals surface area contributed by atoms with Gasteiger partial charge < -0.3 is 20.7 Å². The molecule has 0 bridgehead atoms. The molecule has 20 heavy (non-hydrogen) atoms. The fraction of sp³-hybridized carbons (Fsp3) is 0.429. The Hall–Kier alpha value is -2.08. The molecule has 6 heteroatoms. The third-order valence-electron chi connectivity index (χ3n) is 3.03. The maximum Gasteiger partial charge on any atom is 0.189 e. The number of nitrogens with one attached hydrogen (secondary N) is 1. The Morgan fingerprint density at radius 1 is 1.55 bits per heavy atom. The molecule has 1 aliphatic rings. The summed E-state index contributed by atoms with van der Waals surface area (Å²) in [5.74, 6) is 1.39. The lowest BCUT2D eigenvalue weighted by atomic mass is 10.2. The second-order valence-electron chi connectivity index (χ2n) is 4.46. The van der Waals surface area contributed by atoms with Crippen molar-refractivity contribution in [2.75, 3.05) is 37.7 Å². The van der Waals surface area contributed by atoms with Crippen molar-refractivity contribution < 1.29 is 4.74 Å². The standard InChI is InChI=1S/C14H21N5O/c1-2-5-17-14(15)18-11-12-4-3-6-16-13(12)19-7-9-20-10-8-19/h2-4,6H,1,5,7-11H2,(H3,15,17,18). The van der Waals surface area contributed by atoms with Crippen LogP contribution in [0.3, 0.4) is 0 Å². The molecule has 1 fully saturated rings. The van der Waals surface area contributed by atoms with Gasteiger partial charge in [-0.2, -0.15) is 0 Å². The van der Waals surface area contributed by atoms with Gasteiger partial charge in [-0.1, -0.05) is 12.1 Å². The molecule has 6 nitrogen and oxygen atoms in total. The molecule has 0 radical (unpaired) electrons. The molecule has 1 aliphatic heterocycles. The number of morpholine rings is 1. The molecule has 0 aromatic carbocycles. The predicted molar refractivity (Wildman–Crippen MR) is 80.8 cm³/mol. The first kappa shape index (κ1) is 14.3. The van der Waals surface area contributed by atoms with Crippen molar-refractivity contribution in [3.05, 3.63) is 36.5 Å². The van der Waals surface area contributed by atoms with E-state index in [4.69, 9.17) is 10.5 Å². The number of anilines is 1. The first-order valence-corrected chi connectivity index (χ1v) is 6.72. The Morgan fingerprint density at radius 2 is 2.35 bits per heavy atom. The van der Waals surface area contributed by atoms with E-state index in [1.54, 1.807) is 12.3 Å². The normalized spacial score (nSPS) is 16.0. The second-order valence-corrected chi connectivity index (χ2v) is 4.46.